The fourth-order valence-corrected chi connectivity index (χ4v) is 1.75. The lowest BCUT2D eigenvalue weighted by molar-refractivity contribution is 0.236. The molecule has 0 bridgehead atoms. The van der Waals surface area contributed by atoms with Gasteiger partial charge in [0.15, 0.2) is 0 Å². The molecule has 86 valence electrons. The predicted octanol–water partition coefficient (Wildman–Crippen LogP) is 2.34. The molecule has 0 aliphatic rings. The SMILES string of the molecule is CCC(CN)CCN(CC)CC(C)C. The van der Waals surface area contributed by atoms with Crippen molar-refractivity contribution in [2.24, 2.45) is 17.6 Å². The van der Waals surface area contributed by atoms with Crippen molar-refractivity contribution in [3.63, 3.8) is 0 Å². The Morgan fingerprint density at radius 3 is 2.21 bits per heavy atom. The van der Waals surface area contributed by atoms with Gasteiger partial charge in [-0.3, -0.25) is 0 Å². The Balaban J connectivity index is 3.70. The van der Waals surface area contributed by atoms with Crippen LogP contribution in [0.5, 0.6) is 0 Å². The Hall–Kier alpha value is -0.0800. The Morgan fingerprint density at radius 1 is 1.21 bits per heavy atom. The molecule has 2 heteroatoms. The minimum atomic E-state index is 0.719. The summed E-state index contributed by atoms with van der Waals surface area (Å²) in [4.78, 5) is 2.53. The van der Waals surface area contributed by atoms with Gasteiger partial charge in [-0.05, 0) is 37.9 Å². The third-order valence-electron chi connectivity index (χ3n) is 2.83. The van der Waals surface area contributed by atoms with Crippen LogP contribution in [0.4, 0.5) is 0 Å². The maximum Gasteiger partial charge on any atom is 0.000427 e. The average Bonchev–Trinajstić information content (AvgIpc) is 2.17. The van der Waals surface area contributed by atoms with E-state index in [2.05, 4.69) is 32.6 Å². The lowest BCUT2D eigenvalue weighted by Crippen LogP contribution is -2.30. The topological polar surface area (TPSA) is 29.3 Å². The van der Waals surface area contributed by atoms with Crippen LogP contribution in [0.15, 0.2) is 0 Å². The highest BCUT2D eigenvalue weighted by Gasteiger charge is 2.08. The van der Waals surface area contributed by atoms with Crippen molar-refractivity contribution < 1.29 is 0 Å². The maximum absolute atomic E-state index is 5.69. The highest BCUT2D eigenvalue weighted by molar-refractivity contribution is 4.63. The van der Waals surface area contributed by atoms with Crippen molar-refractivity contribution in [3.8, 4) is 0 Å². The molecule has 2 N–H and O–H groups in total. The zero-order valence-electron chi connectivity index (χ0n) is 10.4. The molecule has 0 spiro atoms. The van der Waals surface area contributed by atoms with Gasteiger partial charge in [-0.2, -0.15) is 0 Å². The molecule has 14 heavy (non-hydrogen) atoms. The van der Waals surface area contributed by atoms with Crippen molar-refractivity contribution in [1.29, 1.82) is 0 Å². The highest BCUT2D eigenvalue weighted by atomic mass is 15.1. The van der Waals surface area contributed by atoms with Crippen LogP contribution in [0.3, 0.4) is 0 Å². The first-order chi connectivity index (χ1) is 6.63. The largest absolute Gasteiger partial charge is 0.330 e. The second-order valence-corrected chi connectivity index (χ2v) is 4.59. The average molecular weight is 200 g/mol. The van der Waals surface area contributed by atoms with Crippen LogP contribution in [-0.2, 0) is 0 Å². The van der Waals surface area contributed by atoms with Crippen molar-refractivity contribution in [2.75, 3.05) is 26.2 Å². The normalized spacial score (nSPS) is 13.9. The van der Waals surface area contributed by atoms with Gasteiger partial charge in [0.05, 0.1) is 0 Å². The monoisotopic (exact) mass is 200 g/mol. The summed E-state index contributed by atoms with van der Waals surface area (Å²) in [6, 6.07) is 0. The quantitative estimate of drug-likeness (QED) is 0.651. The number of nitrogens with two attached hydrogens (primary N) is 1. The second kappa shape index (κ2) is 8.25. The van der Waals surface area contributed by atoms with Crippen LogP contribution in [0, 0.1) is 11.8 Å². The Bertz CT molecular complexity index is 119. The standard InChI is InChI=1S/C12H28N2/c1-5-12(9-13)7-8-14(6-2)10-11(3)4/h11-12H,5-10,13H2,1-4H3. The maximum atomic E-state index is 5.69. The predicted molar refractivity (Wildman–Crippen MR) is 64.4 cm³/mol. The third-order valence-corrected chi connectivity index (χ3v) is 2.83. The summed E-state index contributed by atoms with van der Waals surface area (Å²) >= 11 is 0. The molecule has 0 aliphatic heterocycles. The lowest BCUT2D eigenvalue weighted by Gasteiger charge is -2.24. The van der Waals surface area contributed by atoms with Crippen LogP contribution in [0.25, 0.3) is 0 Å². The molecular weight excluding hydrogens is 172 g/mol. The van der Waals surface area contributed by atoms with Crippen molar-refractivity contribution in [2.45, 2.75) is 40.5 Å². The van der Waals surface area contributed by atoms with Crippen LogP contribution in [0.2, 0.25) is 0 Å². The molecule has 0 saturated heterocycles. The first kappa shape index (κ1) is 13.9. The summed E-state index contributed by atoms with van der Waals surface area (Å²) < 4.78 is 0. The highest BCUT2D eigenvalue weighted by Crippen LogP contribution is 2.08. The van der Waals surface area contributed by atoms with Crippen molar-refractivity contribution in [3.05, 3.63) is 0 Å². The zero-order chi connectivity index (χ0) is 11.0. The van der Waals surface area contributed by atoms with Gasteiger partial charge in [-0.25, -0.2) is 0 Å². The van der Waals surface area contributed by atoms with E-state index in [1.165, 1.54) is 32.5 Å². The summed E-state index contributed by atoms with van der Waals surface area (Å²) in [5, 5.41) is 0. The fourth-order valence-electron chi connectivity index (χ4n) is 1.75. The van der Waals surface area contributed by atoms with E-state index in [0.717, 1.165) is 18.4 Å². The van der Waals surface area contributed by atoms with Gasteiger partial charge in [0.25, 0.3) is 0 Å². The number of hydrogen-bond acceptors (Lipinski definition) is 2. The van der Waals surface area contributed by atoms with E-state index in [1.54, 1.807) is 0 Å². The molecule has 1 unspecified atom stereocenters. The Morgan fingerprint density at radius 2 is 1.86 bits per heavy atom. The molecule has 1 atom stereocenters. The van der Waals surface area contributed by atoms with Crippen molar-refractivity contribution in [1.82, 2.24) is 4.90 Å². The summed E-state index contributed by atoms with van der Waals surface area (Å²) in [7, 11) is 0. The van der Waals surface area contributed by atoms with E-state index in [1.807, 2.05) is 0 Å². The number of rotatable bonds is 8. The Kier molecular flexibility index (Phi) is 8.20. The van der Waals surface area contributed by atoms with Crippen LogP contribution < -0.4 is 5.73 Å². The van der Waals surface area contributed by atoms with E-state index in [4.69, 9.17) is 5.73 Å². The van der Waals surface area contributed by atoms with Gasteiger partial charge in [0.2, 0.25) is 0 Å². The van der Waals surface area contributed by atoms with Gasteiger partial charge in [0.1, 0.15) is 0 Å². The molecule has 0 aromatic heterocycles. The molecule has 0 rings (SSSR count). The van der Waals surface area contributed by atoms with Gasteiger partial charge in [0, 0.05) is 6.54 Å². The van der Waals surface area contributed by atoms with Crippen LogP contribution in [-0.4, -0.2) is 31.1 Å². The second-order valence-electron chi connectivity index (χ2n) is 4.59. The summed E-state index contributed by atoms with van der Waals surface area (Å²) in [6.45, 7) is 13.5. The molecule has 0 aliphatic carbocycles. The molecule has 0 heterocycles. The molecule has 0 amide bonds. The number of nitrogens with zero attached hydrogens (tertiary/aromatic N) is 1. The minimum Gasteiger partial charge on any atom is -0.330 e. The smallest absolute Gasteiger partial charge is 0.000427 e. The summed E-state index contributed by atoms with van der Waals surface area (Å²) in [5.74, 6) is 1.49. The van der Waals surface area contributed by atoms with Gasteiger partial charge < -0.3 is 10.6 Å². The summed E-state index contributed by atoms with van der Waals surface area (Å²) in [6.07, 6.45) is 2.48. The summed E-state index contributed by atoms with van der Waals surface area (Å²) in [5.41, 5.74) is 5.69. The molecule has 0 radical (unpaired) electrons. The van der Waals surface area contributed by atoms with E-state index in [0.29, 0.717) is 0 Å². The minimum absolute atomic E-state index is 0.719. The van der Waals surface area contributed by atoms with E-state index in [9.17, 15) is 0 Å². The van der Waals surface area contributed by atoms with E-state index < -0.39 is 0 Å². The third kappa shape index (κ3) is 6.39. The van der Waals surface area contributed by atoms with Crippen molar-refractivity contribution >= 4 is 0 Å². The first-order valence-corrected chi connectivity index (χ1v) is 6.06. The molecule has 0 aromatic rings. The van der Waals surface area contributed by atoms with E-state index >= 15 is 0 Å². The molecule has 0 aromatic carbocycles. The van der Waals surface area contributed by atoms with Crippen LogP contribution in [0.1, 0.15) is 40.5 Å². The van der Waals surface area contributed by atoms with E-state index in [-0.39, 0.29) is 0 Å². The zero-order valence-corrected chi connectivity index (χ0v) is 10.4. The molecule has 2 nitrogen and oxygen atoms in total. The lowest BCUT2D eigenvalue weighted by atomic mass is 10.0. The van der Waals surface area contributed by atoms with Gasteiger partial charge >= 0.3 is 0 Å². The first-order valence-electron chi connectivity index (χ1n) is 6.06. The Labute approximate surface area is 89.9 Å². The molecular formula is C12H28N2. The van der Waals surface area contributed by atoms with Gasteiger partial charge in [-0.1, -0.05) is 34.1 Å². The molecule has 0 fully saturated rings. The number of hydrogen-bond donors (Lipinski definition) is 1. The van der Waals surface area contributed by atoms with Crippen LogP contribution >= 0.6 is 0 Å². The van der Waals surface area contributed by atoms with Gasteiger partial charge in [-0.15, -0.1) is 0 Å². The fraction of sp³-hybridized carbons (Fsp3) is 1.00. The molecule has 0 saturated carbocycles.